The Hall–Kier alpha value is -1.55. The number of aromatic carboxylic acids is 1. The summed E-state index contributed by atoms with van der Waals surface area (Å²) in [6, 6.07) is 5.56. The van der Waals surface area contributed by atoms with Crippen LogP contribution in [0.3, 0.4) is 0 Å². The molecule has 0 atom stereocenters. The molecule has 0 aliphatic carbocycles. The third kappa shape index (κ3) is 1.68. The van der Waals surface area contributed by atoms with Gasteiger partial charge in [0.25, 0.3) is 0 Å². The molecule has 0 unspecified atom stereocenters. The van der Waals surface area contributed by atoms with Gasteiger partial charge in [0.15, 0.2) is 5.75 Å². The molecule has 11 heavy (non-hydrogen) atoms. The van der Waals surface area contributed by atoms with Crippen molar-refractivity contribution < 1.29 is 20.0 Å². The topological polar surface area (TPSA) is 66.8 Å². The minimum absolute atomic E-state index is 0.0801. The lowest BCUT2D eigenvalue weighted by Crippen LogP contribution is -1.96. The van der Waals surface area contributed by atoms with Crippen molar-refractivity contribution in [3.8, 4) is 5.75 Å². The van der Waals surface area contributed by atoms with Crippen LogP contribution in [0.5, 0.6) is 5.75 Å². The summed E-state index contributed by atoms with van der Waals surface area (Å²) in [4.78, 5) is 14.2. The SMILES string of the molecule is O=C(O)c1cccc(OO)c1. The van der Waals surface area contributed by atoms with Gasteiger partial charge in [-0.1, -0.05) is 6.07 Å². The van der Waals surface area contributed by atoms with Gasteiger partial charge in [-0.05, 0) is 18.2 Å². The summed E-state index contributed by atoms with van der Waals surface area (Å²) in [7, 11) is 0. The summed E-state index contributed by atoms with van der Waals surface area (Å²) in [6.07, 6.45) is 0. The zero-order valence-corrected chi connectivity index (χ0v) is 5.52. The second-order valence-corrected chi connectivity index (χ2v) is 1.92. The van der Waals surface area contributed by atoms with Crippen LogP contribution in [0, 0.1) is 0 Å². The van der Waals surface area contributed by atoms with Crippen LogP contribution in [-0.2, 0) is 0 Å². The van der Waals surface area contributed by atoms with Crippen molar-refractivity contribution in [3.63, 3.8) is 0 Å². The normalized spacial score (nSPS) is 9.18. The monoisotopic (exact) mass is 154 g/mol. The molecular formula is C7H6O4. The van der Waals surface area contributed by atoms with Crippen LogP contribution in [-0.4, -0.2) is 16.3 Å². The first kappa shape index (κ1) is 7.56. The maximum atomic E-state index is 10.3. The predicted octanol–water partition coefficient (Wildman–Crippen LogP) is 1.24. The molecule has 0 amide bonds. The van der Waals surface area contributed by atoms with Gasteiger partial charge in [0, 0.05) is 0 Å². The van der Waals surface area contributed by atoms with Crippen molar-refractivity contribution in [3.05, 3.63) is 29.8 Å². The summed E-state index contributed by atoms with van der Waals surface area (Å²) >= 11 is 0. The Morgan fingerprint density at radius 3 is 2.73 bits per heavy atom. The van der Waals surface area contributed by atoms with E-state index in [1.807, 2.05) is 0 Å². The van der Waals surface area contributed by atoms with E-state index in [1.54, 1.807) is 0 Å². The highest BCUT2D eigenvalue weighted by Gasteiger charge is 2.02. The molecule has 0 aliphatic heterocycles. The van der Waals surface area contributed by atoms with E-state index in [0.29, 0.717) is 0 Å². The lowest BCUT2D eigenvalue weighted by Gasteiger charge is -1.96. The quantitative estimate of drug-likeness (QED) is 0.496. The molecule has 0 bridgehead atoms. The molecule has 58 valence electrons. The summed E-state index contributed by atoms with van der Waals surface area (Å²) in [5, 5.41) is 16.6. The molecule has 0 saturated heterocycles. The Morgan fingerprint density at radius 2 is 2.18 bits per heavy atom. The van der Waals surface area contributed by atoms with E-state index in [2.05, 4.69) is 4.89 Å². The lowest BCUT2D eigenvalue weighted by atomic mass is 10.2. The van der Waals surface area contributed by atoms with Crippen molar-refractivity contribution in [2.24, 2.45) is 0 Å². The van der Waals surface area contributed by atoms with E-state index in [9.17, 15) is 4.79 Å². The Balaban J connectivity index is 3.01. The maximum Gasteiger partial charge on any atom is 0.335 e. The molecule has 4 heteroatoms. The van der Waals surface area contributed by atoms with Crippen molar-refractivity contribution >= 4 is 5.97 Å². The Bertz CT molecular complexity index is 269. The predicted molar refractivity (Wildman–Crippen MR) is 36.7 cm³/mol. The van der Waals surface area contributed by atoms with Crippen LogP contribution in [0.4, 0.5) is 0 Å². The van der Waals surface area contributed by atoms with Crippen molar-refractivity contribution in [2.45, 2.75) is 0 Å². The number of hydrogen-bond donors (Lipinski definition) is 2. The van der Waals surface area contributed by atoms with Gasteiger partial charge in [0.1, 0.15) is 0 Å². The van der Waals surface area contributed by atoms with Crippen LogP contribution in [0.1, 0.15) is 10.4 Å². The smallest absolute Gasteiger partial charge is 0.335 e. The molecule has 1 aromatic carbocycles. The summed E-state index contributed by atoms with van der Waals surface area (Å²) in [5.74, 6) is -0.936. The van der Waals surface area contributed by atoms with Gasteiger partial charge in [-0.3, -0.25) is 0 Å². The third-order valence-corrected chi connectivity index (χ3v) is 1.19. The van der Waals surface area contributed by atoms with Crippen LogP contribution in [0.15, 0.2) is 24.3 Å². The van der Waals surface area contributed by atoms with Gasteiger partial charge in [0.05, 0.1) is 5.56 Å². The fourth-order valence-electron chi connectivity index (χ4n) is 0.686. The standard InChI is InChI=1S/C7H6O4/c8-7(9)5-2-1-3-6(4-5)11-10/h1-4,10H,(H,8,9). The first-order valence-corrected chi connectivity index (χ1v) is 2.89. The van der Waals surface area contributed by atoms with E-state index >= 15 is 0 Å². The molecule has 1 rings (SSSR count). The first-order chi connectivity index (χ1) is 5.24. The molecule has 0 radical (unpaired) electrons. The van der Waals surface area contributed by atoms with Gasteiger partial charge in [-0.25, -0.2) is 10.1 Å². The van der Waals surface area contributed by atoms with Gasteiger partial charge < -0.3 is 9.99 Å². The summed E-state index contributed by atoms with van der Waals surface area (Å²) in [6.45, 7) is 0. The number of rotatable bonds is 2. The molecule has 1 aromatic rings. The zero-order chi connectivity index (χ0) is 8.27. The highest BCUT2D eigenvalue weighted by Crippen LogP contribution is 2.11. The molecule has 0 spiro atoms. The number of carboxylic acids is 1. The molecule has 0 aromatic heterocycles. The van der Waals surface area contributed by atoms with Gasteiger partial charge in [-0.15, -0.1) is 0 Å². The van der Waals surface area contributed by atoms with E-state index in [1.165, 1.54) is 24.3 Å². The lowest BCUT2D eigenvalue weighted by molar-refractivity contribution is -0.137. The number of carbonyl (C=O) groups is 1. The fourth-order valence-corrected chi connectivity index (χ4v) is 0.686. The minimum Gasteiger partial charge on any atom is -0.478 e. The second-order valence-electron chi connectivity index (χ2n) is 1.92. The highest BCUT2D eigenvalue weighted by atomic mass is 17.1. The van der Waals surface area contributed by atoms with Crippen LogP contribution in [0.25, 0.3) is 0 Å². The zero-order valence-electron chi connectivity index (χ0n) is 5.52. The van der Waals surface area contributed by atoms with Crippen LogP contribution >= 0.6 is 0 Å². The molecule has 0 saturated carbocycles. The van der Waals surface area contributed by atoms with Crippen LogP contribution < -0.4 is 4.89 Å². The largest absolute Gasteiger partial charge is 0.478 e. The Labute approximate surface area is 62.6 Å². The van der Waals surface area contributed by atoms with Gasteiger partial charge in [0.2, 0.25) is 0 Å². The highest BCUT2D eigenvalue weighted by molar-refractivity contribution is 5.87. The molecular weight excluding hydrogens is 148 g/mol. The number of benzene rings is 1. The fraction of sp³-hybridized carbons (Fsp3) is 0. The number of hydrogen-bond acceptors (Lipinski definition) is 3. The van der Waals surface area contributed by atoms with Gasteiger partial charge in [-0.2, -0.15) is 0 Å². The minimum atomic E-state index is -1.05. The molecule has 0 aliphatic rings. The Kier molecular flexibility index (Phi) is 2.08. The molecule has 0 fully saturated rings. The van der Waals surface area contributed by atoms with E-state index in [4.69, 9.17) is 10.4 Å². The van der Waals surface area contributed by atoms with Crippen molar-refractivity contribution in [2.75, 3.05) is 0 Å². The number of carboxylic acid groups (broad SMARTS) is 1. The first-order valence-electron chi connectivity index (χ1n) is 2.89. The van der Waals surface area contributed by atoms with Crippen molar-refractivity contribution in [1.29, 1.82) is 0 Å². The molecule has 4 nitrogen and oxygen atoms in total. The third-order valence-electron chi connectivity index (χ3n) is 1.19. The van der Waals surface area contributed by atoms with Crippen LogP contribution in [0.2, 0.25) is 0 Å². The van der Waals surface area contributed by atoms with E-state index in [0.717, 1.165) is 0 Å². The maximum absolute atomic E-state index is 10.3. The van der Waals surface area contributed by atoms with Gasteiger partial charge >= 0.3 is 5.97 Å². The molecule has 0 heterocycles. The second kappa shape index (κ2) is 3.03. The van der Waals surface area contributed by atoms with Crippen molar-refractivity contribution in [1.82, 2.24) is 0 Å². The summed E-state index contributed by atoms with van der Waals surface area (Å²) < 4.78 is 0. The van der Waals surface area contributed by atoms with E-state index < -0.39 is 5.97 Å². The average Bonchev–Trinajstić information content (AvgIpc) is 2.05. The average molecular weight is 154 g/mol. The summed E-state index contributed by atoms with van der Waals surface area (Å²) in [5.41, 5.74) is 0.0801. The van der Waals surface area contributed by atoms with E-state index in [-0.39, 0.29) is 11.3 Å². The Morgan fingerprint density at radius 1 is 1.45 bits per heavy atom. The molecule has 2 N–H and O–H groups in total.